The number of aliphatic hydroxyl groups is 3. The third-order valence-electron chi connectivity index (χ3n) is 3.80. The van der Waals surface area contributed by atoms with Crippen LogP contribution in [0.25, 0.3) is 5.70 Å². The van der Waals surface area contributed by atoms with E-state index in [1.54, 1.807) is 6.07 Å². The van der Waals surface area contributed by atoms with Gasteiger partial charge in [0.2, 0.25) is 5.79 Å². The predicted molar refractivity (Wildman–Crippen MR) is 110 cm³/mol. The SMILES string of the molecule is [B]C(O)(CNC(=O)c1cc(C(C)(O)O)[nH]n1)N=CC=C(N)c1ccc(C#N)c(Cl)c1. The largest absolute Gasteiger partial charge is 0.398 e. The van der Waals surface area contributed by atoms with Crippen LogP contribution in [-0.2, 0) is 5.79 Å². The Bertz CT molecular complexity index is 1040. The second kappa shape index (κ2) is 9.10. The molecule has 30 heavy (non-hydrogen) atoms. The minimum Gasteiger partial charge on any atom is -0.398 e. The van der Waals surface area contributed by atoms with E-state index in [-0.39, 0.29) is 22.1 Å². The van der Waals surface area contributed by atoms with Gasteiger partial charge in [-0.1, -0.05) is 17.7 Å². The maximum atomic E-state index is 12.0. The first-order chi connectivity index (χ1) is 13.9. The maximum Gasteiger partial charge on any atom is 0.271 e. The van der Waals surface area contributed by atoms with E-state index < -0.39 is 23.9 Å². The second-order valence-electron chi connectivity index (χ2n) is 6.46. The Balaban J connectivity index is 1.98. The van der Waals surface area contributed by atoms with Gasteiger partial charge >= 0.3 is 0 Å². The molecular formula is C18H18BClN6O4. The number of hydrogen-bond acceptors (Lipinski definition) is 8. The monoisotopic (exact) mass is 428 g/mol. The van der Waals surface area contributed by atoms with Gasteiger partial charge in [-0.3, -0.25) is 14.9 Å². The lowest BCUT2D eigenvalue weighted by Crippen LogP contribution is -2.42. The summed E-state index contributed by atoms with van der Waals surface area (Å²) in [4.78, 5) is 15.8. The highest BCUT2D eigenvalue weighted by Crippen LogP contribution is 2.20. The van der Waals surface area contributed by atoms with Crippen LogP contribution in [-0.4, -0.2) is 57.7 Å². The Kier molecular flexibility index (Phi) is 7.02. The highest BCUT2D eigenvalue weighted by Gasteiger charge is 2.24. The molecule has 1 atom stereocenters. The summed E-state index contributed by atoms with van der Waals surface area (Å²) < 4.78 is 0. The topological polar surface area (TPSA) is 181 Å². The molecule has 0 saturated carbocycles. The van der Waals surface area contributed by atoms with Crippen molar-refractivity contribution in [2.24, 2.45) is 10.7 Å². The van der Waals surface area contributed by atoms with Crippen LogP contribution in [0.2, 0.25) is 5.02 Å². The van der Waals surface area contributed by atoms with Crippen molar-refractivity contribution in [1.29, 1.82) is 5.26 Å². The van der Waals surface area contributed by atoms with Crippen LogP contribution < -0.4 is 11.1 Å². The van der Waals surface area contributed by atoms with Gasteiger partial charge in [0.15, 0.2) is 0 Å². The Morgan fingerprint density at radius 2 is 2.17 bits per heavy atom. The summed E-state index contributed by atoms with van der Waals surface area (Å²) in [6.45, 7) is 0.636. The van der Waals surface area contributed by atoms with E-state index in [0.717, 1.165) is 19.2 Å². The summed E-state index contributed by atoms with van der Waals surface area (Å²) in [6.07, 6.45) is 2.52. The van der Waals surface area contributed by atoms with E-state index in [0.29, 0.717) is 11.1 Å². The smallest absolute Gasteiger partial charge is 0.271 e. The Labute approximate surface area is 178 Å². The fourth-order valence-electron chi connectivity index (χ4n) is 2.16. The average molecular weight is 429 g/mol. The molecule has 2 radical (unpaired) electrons. The summed E-state index contributed by atoms with van der Waals surface area (Å²) in [5.41, 5.74) is 4.63. The number of carbonyl (C=O) groups excluding carboxylic acids is 1. The van der Waals surface area contributed by atoms with Crippen molar-refractivity contribution < 1.29 is 20.1 Å². The molecule has 7 N–H and O–H groups in total. The van der Waals surface area contributed by atoms with Crippen molar-refractivity contribution >= 4 is 37.3 Å². The number of amides is 1. The van der Waals surface area contributed by atoms with E-state index in [4.69, 9.17) is 30.4 Å². The van der Waals surface area contributed by atoms with Crippen molar-refractivity contribution in [3.8, 4) is 6.07 Å². The number of nitriles is 1. The molecule has 0 spiro atoms. The van der Waals surface area contributed by atoms with Gasteiger partial charge in [0.25, 0.3) is 5.91 Å². The third-order valence-corrected chi connectivity index (χ3v) is 4.12. The van der Waals surface area contributed by atoms with Crippen LogP contribution in [0.5, 0.6) is 0 Å². The second-order valence-corrected chi connectivity index (χ2v) is 6.86. The van der Waals surface area contributed by atoms with E-state index in [2.05, 4.69) is 20.5 Å². The zero-order chi connectivity index (χ0) is 22.5. The molecule has 0 aliphatic rings. The molecule has 0 bridgehead atoms. The molecule has 2 rings (SSSR count). The Morgan fingerprint density at radius 1 is 1.47 bits per heavy atom. The molecule has 0 aliphatic carbocycles. The lowest BCUT2D eigenvalue weighted by atomic mass is 9.91. The van der Waals surface area contributed by atoms with Crippen molar-refractivity contribution in [3.63, 3.8) is 0 Å². The summed E-state index contributed by atoms with van der Waals surface area (Å²) in [6, 6.07) is 7.70. The predicted octanol–water partition coefficient (Wildman–Crippen LogP) is -0.293. The molecule has 1 heterocycles. The number of carbonyl (C=O) groups is 1. The van der Waals surface area contributed by atoms with Gasteiger partial charge in [0.05, 0.1) is 22.8 Å². The van der Waals surface area contributed by atoms with Gasteiger partial charge in [-0.25, -0.2) is 0 Å². The van der Waals surface area contributed by atoms with E-state index in [1.165, 1.54) is 18.2 Å². The molecule has 0 fully saturated rings. The zero-order valence-corrected chi connectivity index (χ0v) is 16.6. The number of aromatic nitrogens is 2. The number of benzene rings is 1. The van der Waals surface area contributed by atoms with Crippen LogP contribution in [0.15, 0.2) is 35.3 Å². The van der Waals surface area contributed by atoms with E-state index in [9.17, 15) is 20.1 Å². The molecule has 1 aromatic heterocycles. The van der Waals surface area contributed by atoms with Crippen molar-refractivity contribution in [2.45, 2.75) is 18.3 Å². The normalized spacial score (nSPS) is 14.3. The molecular weight excluding hydrogens is 411 g/mol. The molecule has 2 aromatic rings. The summed E-state index contributed by atoms with van der Waals surface area (Å²) >= 11 is 5.95. The van der Waals surface area contributed by atoms with Gasteiger partial charge in [-0.2, -0.15) is 10.4 Å². The number of rotatable bonds is 7. The molecule has 10 nitrogen and oxygen atoms in total. The summed E-state index contributed by atoms with van der Waals surface area (Å²) in [7, 11) is 5.61. The van der Waals surface area contributed by atoms with Crippen LogP contribution in [0.4, 0.5) is 0 Å². The van der Waals surface area contributed by atoms with Crippen LogP contribution in [0.3, 0.4) is 0 Å². The number of hydrogen-bond donors (Lipinski definition) is 6. The number of halogens is 1. The number of nitrogens with two attached hydrogens (primary N) is 1. The van der Waals surface area contributed by atoms with Gasteiger partial charge in [-0.05, 0) is 36.8 Å². The van der Waals surface area contributed by atoms with Crippen LogP contribution in [0, 0.1) is 11.3 Å². The lowest BCUT2D eigenvalue weighted by molar-refractivity contribution is -0.155. The van der Waals surface area contributed by atoms with Crippen molar-refractivity contribution in [2.75, 3.05) is 6.54 Å². The maximum absolute atomic E-state index is 12.0. The molecule has 154 valence electrons. The van der Waals surface area contributed by atoms with E-state index in [1.807, 2.05) is 6.07 Å². The van der Waals surface area contributed by atoms with Gasteiger partial charge in [0.1, 0.15) is 25.2 Å². The zero-order valence-electron chi connectivity index (χ0n) is 15.8. The molecule has 1 aromatic carbocycles. The van der Waals surface area contributed by atoms with Crippen LogP contribution >= 0.6 is 11.6 Å². The Morgan fingerprint density at radius 3 is 2.73 bits per heavy atom. The number of nitrogens with zero attached hydrogens (tertiary/aromatic N) is 3. The number of nitrogens with one attached hydrogen (secondary N) is 2. The van der Waals surface area contributed by atoms with Crippen LogP contribution in [0.1, 0.15) is 34.2 Å². The molecule has 1 amide bonds. The first kappa shape index (κ1) is 23.1. The fraction of sp³-hybridized carbons (Fsp3) is 0.222. The molecule has 1 unspecified atom stereocenters. The number of aromatic amines is 1. The minimum absolute atomic E-state index is 0.0859. The minimum atomic E-state index is -2.18. The number of H-pyrrole nitrogens is 1. The Hall–Kier alpha value is -3.17. The van der Waals surface area contributed by atoms with Crippen molar-refractivity contribution in [1.82, 2.24) is 15.5 Å². The molecule has 0 aliphatic heterocycles. The van der Waals surface area contributed by atoms with Gasteiger partial charge < -0.3 is 26.4 Å². The summed E-state index contributed by atoms with van der Waals surface area (Å²) in [5.74, 6) is -2.90. The average Bonchev–Trinajstić information content (AvgIpc) is 3.16. The first-order valence-corrected chi connectivity index (χ1v) is 8.82. The van der Waals surface area contributed by atoms with E-state index >= 15 is 0 Å². The quantitative estimate of drug-likeness (QED) is 0.199. The number of aliphatic imine (C=N–C) groups is 1. The molecule has 12 heteroatoms. The van der Waals surface area contributed by atoms with Crippen molar-refractivity contribution in [3.05, 3.63) is 57.9 Å². The lowest BCUT2D eigenvalue weighted by Gasteiger charge is -2.19. The first-order valence-electron chi connectivity index (χ1n) is 8.44. The van der Waals surface area contributed by atoms with Gasteiger partial charge in [-0.15, -0.1) is 0 Å². The summed E-state index contributed by atoms with van der Waals surface area (Å²) in [5, 5.41) is 46.4. The van der Waals surface area contributed by atoms with Gasteiger partial charge in [0, 0.05) is 11.9 Å². The fourth-order valence-corrected chi connectivity index (χ4v) is 2.38. The number of allylic oxidation sites excluding steroid dienone is 1. The highest BCUT2D eigenvalue weighted by molar-refractivity contribution is 6.31. The standard InChI is InChI=1S/C18H18BClN6O4/c1-17(28,29)15-7-14(25-26-15)16(27)23-9-18(19,30)24-5-4-13(22)10-2-3-11(8-21)12(20)6-10/h2-7,28-30H,9,22H2,1H3,(H,23,27)(H,25,26). The molecule has 0 saturated heterocycles. The highest BCUT2D eigenvalue weighted by atomic mass is 35.5. The third kappa shape index (κ3) is 6.17.